The first-order valence-corrected chi connectivity index (χ1v) is 7.73. The maximum absolute atomic E-state index is 11.7. The van der Waals surface area contributed by atoms with Crippen LogP contribution in [0.3, 0.4) is 0 Å². The number of rotatable bonds is 4. The third kappa shape index (κ3) is 5.37. The van der Waals surface area contributed by atoms with Crippen molar-refractivity contribution in [2.75, 3.05) is 12.3 Å². The summed E-state index contributed by atoms with van der Waals surface area (Å²) in [5.41, 5.74) is 2.15. The average molecular weight is 295 g/mol. The van der Waals surface area contributed by atoms with Gasteiger partial charge in [-0.1, -0.05) is 48.2 Å². The molecule has 1 amide bonds. The van der Waals surface area contributed by atoms with Gasteiger partial charge >= 0.3 is 0 Å². The summed E-state index contributed by atoms with van der Waals surface area (Å²) in [6.07, 6.45) is 0. The van der Waals surface area contributed by atoms with Crippen LogP contribution in [0.4, 0.5) is 0 Å². The number of hydrogen-bond acceptors (Lipinski definition) is 2. The minimum atomic E-state index is 0.00520. The lowest BCUT2D eigenvalue weighted by Crippen LogP contribution is -2.25. The fourth-order valence-electron chi connectivity index (χ4n) is 1.72. The fourth-order valence-corrected chi connectivity index (χ4v) is 2.58. The molecular weight excluding hydrogens is 278 g/mol. The van der Waals surface area contributed by atoms with Gasteiger partial charge in [0.15, 0.2) is 0 Å². The molecule has 0 fully saturated rings. The van der Waals surface area contributed by atoms with Crippen LogP contribution in [0.5, 0.6) is 0 Å². The SMILES string of the molecule is Cc1ccccc1SCC(=O)NCC#Cc1ccccc1. The first kappa shape index (κ1) is 15.2. The molecule has 1 N–H and O–H groups in total. The van der Waals surface area contributed by atoms with E-state index in [9.17, 15) is 4.79 Å². The number of aryl methyl sites for hydroxylation is 1. The molecule has 0 atom stereocenters. The summed E-state index contributed by atoms with van der Waals surface area (Å²) < 4.78 is 0. The second-order valence-electron chi connectivity index (χ2n) is 4.50. The summed E-state index contributed by atoms with van der Waals surface area (Å²) >= 11 is 1.55. The van der Waals surface area contributed by atoms with Crippen LogP contribution in [0, 0.1) is 18.8 Å². The van der Waals surface area contributed by atoms with Crippen molar-refractivity contribution >= 4 is 17.7 Å². The van der Waals surface area contributed by atoms with Crippen molar-refractivity contribution in [3.63, 3.8) is 0 Å². The lowest BCUT2D eigenvalue weighted by atomic mass is 10.2. The van der Waals surface area contributed by atoms with Crippen molar-refractivity contribution in [2.24, 2.45) is 0 Å². The summed E-state index contributed by atoms with van der Waals surface area (Å²) in [5, 5.41) is 2.81. The van der Waals surface area contributed by atoms with Crippen LogP contribution in [0.1, 0.15) is 11.1 Å². The molecule has 2 aromatic rings. The van der Waals surface area contributed by atoms with Gasteiger partial charge in [-0.05, 0) is 30.7 Å². The number of nitrogens with one attached hydrogen (secondary N) is 1. The minimum Gasteiger partial charge on any atom is -0.344 e. The second-order valence-corrected chi connectivity index (χ2v) is 5.52. The highest BCUT2D eigenvalue weighted by molar-refractivity contribution is 8.00. The molecule has 2 nitrogen and oxygen atoms in total. The van der Waals surface area contributed by atoms with E-state index in [1.165, 1.54) is 5.56 Å². The van der Waals surface area contributed by atoms with Gasteiger partial charge in [0, 0.05) is 10.5 Å². The Morgan fingerprint density at radius 3 is 2.57 bits per heavy atom. The van der Waals surface area contributed by atoms with Crippen LogP contribution < -0.4 is 5.32 Å². The van der Waals surface area contributed by atoms with Gasteiger partial charge in [-0.15, -0.1) is 11.8 Å². The molecule has 0 aliphatic carbocycles. The van der Waals surface area contributed by atoms with Crippen molar-refractivity contribution in [1.82, 2.24) is 5.32 Å². The van der Waals surface area contributed by atoms with E-state index in [1.807, 2.05) is 61.5 Å². The maximum atomic E-state index is 11.7. The Hall–Kier alpha value is -2.18. The molecule has 0 unspecified atom stereocenters. The summed E-state index contributed by atoms with van der Waals surface area (Å²) in [6, 6.07) is 17.8. The Kier molecular flexibility index (Phi) is 5.93. The highest BCUT2D eigenvalue weighted by Crippen LogP contribution is 2.21. The summed E-state index contributed by atoms with van der Waals surface area (Å²) in [4.78, 5) is 12.9. The van der Waals surface area contributed by atoms with Gasteiger partial charge in [-0.3, -0.25) is 4.79 Å². The van der Waals surface area contributed by atoms with Crippen LogP contribution in [-0.2, 0) is 4.79 Å². The van der Waals surface area contributed by atoms with Crippen molar-refractivity contribution in [1.29, 1.82) is 0 Å². The molecule has 0 aliphatic heterocycles. The summed E-state index contributed by atoms with van der Waals surface area (Å²) in [6.45, 7) is 2.42. The Morgan fingerprint density at radius 2 is 1.81 bits per heavy atom. The average Bonchev–Trinajstić information content (AvgIpc) is 2.52. The topological polar surface area (TPSA) is 29.1 Å². The van der Waals surface area contributed by atoms with Gasteiger partial charge < -0.3 is 5.32 Å². The van der Waals surface area contributed by atoms with Gasteiger partial charge in [0.1, 0.15) is 0 Å². The molecular formula is C18H17NOS. The van der Waals surface area contributed by atoms with Gasteiger partial charge in [0.2, 0.25) is 5.91 Å². The van der Waals surface area contributed by atoms with Crippen LogP contribution >= 0.6 is 11.8 Å². The predicted molar refractivity (Wildman–Crippen MR) is 88.2 cm³/mol. The molecule has 0 saturated heterocycles. The first-order chi connectivity index (χ1) is 10.3. The maximum Gasteiger partial charge on any atom is 0.231 e. The third-order valence-corrected chi connectivity index (χ3v) is 4.01. The lowest BCUT2D eigenvalue weighted by molar-refractivity contribution is -0.118. The van der Waals surface area contributed by atoms with Gasteiger partial charge in [0.05, 0.1) is 12.3 Å². The van der Waals surface area contributed by atoms with E-state index in [1.54, 1.807) is 11.8 Å². The number of carbonyl (C=O) groups excluding carboxylic acids is 1. The normalized spacial score (nSPS) is 9.57. The Morgan fingerprint density at radius 1 is 1.10 bits per heavy atom. The Bertz CT molecular complexity index is 656. The number of thioether (sulfide) groups is 1. The van der Waals surface area contributed by atoms with Crippen LogP contribution in [0.25, 0.3) is 0 Å². The highest BCUT2D eigenvalue weighted by atomic mass is 32.2. The van der Waals surface area contributed by atoms with E-state index in [0.29, 0.717) is 12.3 Å². The molecule has 0 aliphatic rings. The minimum absolute atomic E-state index is 0.00520. The zero-order valence-electron chi connectivity index (χ0n) is 11.9. The Labute approximate surface area is 130 Å². The molecule has 106 valence electrons. The van der Waals surface area contributed by atoms with E-state index >= 15 is 0 Å². The number of benzene rings is 2. The monoisotopic (exact) mass is 295 g/mol. The van der Waals surface area contributed by atoms with Gasteiger partial charge in [-0.2, -0.15) is 0 Å². The van der Waals surface area contributed by atoms with Crippen molar-refractivity contribution in [2.45, 2.75) is 11.8 Å². The fraction of sp³-hybridized carbons (Fsp3) is 0.167. The molecule has 3 heteroatoms. The van der Waals surface area contributed by atoms with Gasteiger partial charge in [0.25, 0.3) is 0 Å². The molecule has 2 aromatic carbocycles. The van der Waals surface area contributed by atoms with E-state index in [0.717, 1.165) is 10.5 Å². The zero-order chi connectivity index (χ0) is 14.9. The van der Waals surface area contributed by atoms with Crippen LogP contribution in [0.15, 0.2) is 59.5 Å². The first-order valence-electron chi connectivity index (χ1n) is 6.75. The number of carbonyl (C=O) groups is 1. The number of hydrogen-bond donors (Lipinski definition) is 1. The smallest absolute Gasteiger partial charge is 0.231 e. The molecule has 0 saturated carbocycles. The molecule has 0 aromatic heterocycles. The number of amides is 1. The summed E-state index contributed by atoms with van der Waals surface area (Å²) in [5.74, 6) is 6.38. The lowest BCUT2D eigenvalue weighted by Gasteiger charge is -2.04. The van der Waals surface area contributed by atoms with E-state index in [4.69, 9.17) is 0 Å². The van der Waals surface area contributed by atoms with Crippen molar-refractivity contribution in [3.05, 3.63) is 65.7 Å². The molecule has 2 rings (SSSR count). The highest BCUT2D eigenvalue weighted by Gasteiger charge is 2.03. The largest absolute Gasteiger partial charge is 0.344 e. The zero-order valence-corrected chi connectivity index (χ0v) is 12.7. The third-order valence-electron chi connectivity index (χ3n) is 2.83. The molecule has 0 radical (unpaired) electrons. The van der Waals surface area contributed by atoms with E-state index < -0.39 is 0 Å². The second kappa shape index (κ2) is 8.18. The standard InChI is InChI=1S/C18H17NOS/c1-15-8-5-6-12-17(15)21-14-18(20)19-13-7-11-16-9-3-2-4-10-16/h2-6,8-10,12H,13-14H2,1H3,(H,19,20). The molecule has 0 spiro atoms. The van der Waals surface area contributed by atoms with Crippen LogP contribution in [0.2, 0.25) is 0 Å². The molecule has 0 heterocycles. The van der Waals surface area contributed by atoms with E-state index in [2.05, 4.69) is 17.2 Å². The van der Waals surface area contributed by atoms with Gasteiger partial charge in [-0.25, -0.2) is 0 Å². The predicted octanol–water partition coefficient (Wildman–Crippen LogP) is 3.26. The van der Waals surface area contributed by atoms with Crippen molar-refractivity contribution < 1.29 is 4.79 Å². The van der Waals surface area contributed by atoms with E-state index in [-0.39, 0.29) is 5.91 Å². The van der Waals surface area contributed by atoms with Crippen molar-refractivity contribution in [3.8, 4) is 11.8 Å². The quantitative estimate of drug-likeness (QED) is 0.693. The molecule has 21 heavy (non-hydrogen) atoms. The Balaban J connectivity index is 1.74. The van der Waals surface area contributed by atoms with Crippen LogP contribution in [-0.4, -0.2) is 18.2 Å². The molecule has 0 bridgehead atoms. The summed E-state index contributed by atoms with van der Waals surface area (Å²) in [7, 11) is 0.